The molecular weight excluding hydrogens is 390 g/mol. The molecule has 9 heteroatoms. The highest BCUT2D eigenvalue weighted by Gasteiger charge is 2.16. The average Bonchev–Trinajstić information content (AvgIpc) is 2.85. The number of amides is 2. The van der Waals surface area contributed by atoms with Gasteiger partial charge in [-0.05, 0) is 34.1 Å². The van der Waals surface area contributed by atoms with Gasteiger partial charge in [-0.3, -0.25) is 20.4 Å². The summed E-state index contributed by atoms with van der Waals surface area (Å²) in [5.74, 6) is -1.08. The van der Waals surface area contributed by atoms with E-state index in [4.69, 9.17) is 16.3 Å². The van der Waals surface area contributed by atoms with Crippen LogP contribution in [-0.2, 0) is 7.05 Å². The molecule has 1 aromatic carbocycles. The number of carbonyl (C=O) groups excluding carboxylic acids is 2. The molecule has 2 aromatic rings. The van der Waals surface area contributed by atoms with E-state index in [2.05, 4.69) is 26.8 Å². The average molecular weight is 403 g/mol. The first kappa shape index (κ1) is 17.2. The summed E-state index contributed by atoms with van der Waals surface area (Å²) in [5.41, 5.74) is 5.05. The Morgan fingerprint density at radius 1 is 1.26 bits per heavy atom. The Labute approximate surface area is 145 Å². The molecule has 0 saturated heterocycles. The van der Waals surface area contributed by atoms with Crippen molar-refractivity contribution in [2.75, 3.05) is 7.11 Å². The first-order chi connectivity index (χ1) is 10.8. The van der Waals surface area contributed by atoms with E-state index in [1.54, 1.807) is 13.2 Å². The Morgan fingerprint density at radius 3 is 2.48 bits per heavy atom. The van der Waals surface area contributed by atoms with Gasteiger partial charge >= 0.3 is 0 Å². The van der Waals surface area contributed by atoms with E-state index in [9.17, 15) is 14.7 Å². The number of methoxy groups -OCH3 is 1. The maximum atomic E-state index is 12.1. The third kappa shape index (κ3) is 3.77. The molecule has 0 radical (unpaired) electrons. The molecule has 0 aliphatic rings. The zero-order valence-corrected chi connectivity index (χ0v) is 14.5. The Balaban J connectivity index is 2.09. The van der Waals surface area contributed by atoms with Crippen molar-refractivity contribution in [2.45, 2.75) is 0 Å². The number of phenolic OH excluding ortho intramolecular Hbond substituents is 1. The van der Waals surface area contributed by atoms with Gasteiger partial charge in [0, 0.05) is 18.8 Å². The lowest BCUT2D eigenvalue weighted by Crippen LogP contribution is -2.42. The molecule has 2 amide bonds. The summed E-state index contributed by atoms with van der Waals surface area (Å²) in [5, 5.41) is 10.1. The van der Waals surface area contributed by atoms with Crippen LogP contribution in [0.25, 0.3) is 0 Å². The minimum atomic E-state index is -0.572. The molecule has 3 N–H and O–H groups in total. The molecule has 0 atom stereocenters. The number of halogens is 2. The zero-order chi connectivity index (χ0) is 17.1. The normalized spacial score (nSPS) is 10.3. The number of hydrazine groups is 1. The topological polar surface area (TPSA) is 92.6 Å². The lowest BCUT2D eigenvalue weighted by molar-refractivity contribution is 0.0842. The Morgan fingerprint density at radius 2 is 1.91 bits per heavy atom. The minimum absolute atomic E-state index is 0.119. The highest BCUT2D eigenvalue weighted by atomic mass is 79.9. The van der Waals surface area contributed by atoms with Gasteiger partial charge < -0.3 is 14.4 Å². The molecule has 1 heterocycles. The standard InChI is InChI=1S/C14H13BrClN3O4/c1-19-6-8(16)5-10(19)14(22)18-17-13(21)7-3-9(15)12(20)11(4-7)23-2/h3-6,20H,1-2H3,(H,17,21)(H,18,22). The second-order valence-corrected chi connectivity index (χ2v) is 5.86. The van der Waals surface area contributed by atoms with E-state index in [1.165, 1.54) is 29.9 Å². The van der Waals surface area contributed by atoms with Gasteiger partial charge in [0.1, 0.15) is 5.69 Å². The number of hydrogen-bond acceptors (Lipinski definition) is 4. The number of aromatic nitrogens is 1. The molecule has 0 aliphatic carbocycles. The van der Waals surface area contributed by atoms with Crippen LogP contribution in [0.2, 0.25) is 5.02 Å². The van der Waals surface area contributed by atoms with Gasteiger partial charge in [0.25, 0.3) is 11.8 Å². The molecular formula is C14H13BrClN3O4. The van der Waals surface area contributed by atoms with Crippen LogP contribution < -0.4 is 15.6 Å². The van der Waals surface area contributed by atoms with Crippen LogP contribution in [0.15, 0.2) is 28.9 Å². The van der Waals surface area contributed by atoms with Crippen molar-refractivity contribution in [1.29, 1.82) is 0 Å². The number of hydrogen-bond donors (Lipinski definition) is 3. The second-order valence-electron chi connectivity index (χ2n) is 4.57. The Bertz CT molecular complexity index is 776. The Kier molecular flexibility index (Phi) is 5.17. The van der Waals surface area contributed by atoms with Crippen molar-refractivity contribution >= 4 is 39.3 Å². The van der Waals surface area contributed by atoms with Gasteiger partial charge in [0.2, 0.25) is 0 Å². The highest BCUT2D eigenvalue weighted by Crippen LogP contribution is 2.35. The maximum Gasteiger partial charge on any atom is 0.286 e. The van der Waals surface area contributed by atoms with Crippen LogP contribution in [0.5, 0.6) is 11.5 Å². The van der Waals surface area contributed by atoms with E-state index in [0.717, 1.165) is 0 Å². The molecule has 23 heavy (non-hydrogen) atoms. The van der Waals surface area contributed by atoms with Crippen molar-refractivity contribution in [3.8, 4) is 11.5 Å². The van der Waals surface area contributed by atoms with Crippen molar-refractivity contribution in [3.63, 3.8) is 0 Å². The predicted octanol–water partition coefficient (Wildman–Crippen LogP) is 2.23. The molecule has 122 valence electrons. The fourth-order valence-corrected chi connectivity index (χ4v) is 2.55. The van der Waals surface area contributed by atoms with Crippen LogP contribution in [0.4, 0.5) is 0 Å². The number of aryl methyl sites for hydroxylation is 1. The lowest BCUT2D eigenvalue weighted by Gasteiger charge is -2.10. The fourth-order valence-electron chi connectivity index (χ4n) is 1.86. The third-order valence-electron chi connectivity index (χ3n) is 3.00. The number of aromatic hydroxyl groups is 1. The molecule has 0 spiro atoms. The van der Waals surface area contributed by atoms with E-state index in [1.807, 2.05) is 0 Å². The van der Waals surface area contributed by atoms with Crippen LogP contribution in [0.3, 0.4) is 0 Å². The molecule has 2 rings (SSSR count). The number of rotatable bonds is 3. The first-order valence-electron chi connectivity index (χ1n) is 6.32. The molecule has 0 unspecified atom stereocenters. The van der Waals surface area contributed by atoms with Gasteiger partial charge in [0.15, 0.2) is 11.5 Å². The van der Waals surface area contributed by atoms with E-state index in [0.29, 0.717) is 15.2 Å². The zero-order valence-electron chi connectivity index (χ0n) is 12.2. The second kappa shape index (κ2) is 6.93. The summed E-state index contributed by atoms with van der Waals surface area (Å²) >= 11 is 8.92. The van der Waals surface area contributed by atoms with E-state index < -0.39 is 11.8 Å². The molecule has 0 fully saturated rings. The van der Waals surface area contributed by atoms with Crippen molar-refractivity contribution in [1.82, 2.24) is 15.4 Å². The minimum Gasteiger partial charge on any atom is -0.503 e. The van der Waals surface area contributed by atoms with Crippen LogP contribution >= 0.6 is 27.5 Å². The quantitative estimate of drug-likeness (QED) is 0.687. The van der Waals surface area contributed by atoms with E-state index in [-0.39, 0.29) is 17.1 Å². The van der Waals surface area contributed by atoms with Gasteiger partial charge in [-0.15, -0.1) is 0 Å². The largest absolute Gasteiger partial charge is 0.503 e. The lowest BCUT2D eigenvalue weighted by atomic mass is 10.2. The number of carbonyl (C=O) groups is 2. The van der Waals surface area contributed by atoms with E-state index >= 15 is 0 Å². The fraction of sp³-hybridized carbons (Fsp3) is 0.143. The first-order valence-corrected chi connectivity index (χ1v) is 7.49. The molecule has 1 aromatic heterocycles. The number of phenols is 1. The maximum absolute atomic E-state index is 12.1. The summed E-state index contributed by atoms with van der Waals surface area (Å²) < 4.78 is 6.79. The summed E-state index contributed by atoms with van der Waals surface area (Å²) in [4.78, 5) is 24.1. The van der Waals surface area contributed by atoms with Gasteiger partial charge in [0.05, 0.1) is 16.6 Å². The number of nitrogens with zero attached hydrogens (tertiary/aromatic N) is 1. The molecule has 0 saturated carbocycles. The third-order valence-corrected chi connectivity index (χ3v) is 3.82. The summed E-state index contributed by atoms with van der Waals surface area (Å²) in [6.07, 6.45) is 1.57. The highest BCUT2D eigenvalue weighted by molar-refractivity contribution is 9.10. The van der Waals surface area contributed by atoms with Gasteiger partial charge in [-0.1, -0.05) is 11.6 Å². The van der Waals surface area contributed by atoms with Crippen LogP contribution in [0, 0.1) is 0 Å². The number of ether oxygens (including phenoxy) is 1. The monoisotopic (exact) mass is 401 g/mol. The van der Waals surface area contributed by atoms with Crippen molar-refractivity contribution in [2.24, 2.45) is 7.05 Å². The molecule has 7 nitrogen and oxygen atoms in total. The smallest absolute Gasteiger partial charge is 0.286 e. The SMILES string of the molecule is COc1cc(C(=O)NNC(=O)c2cc(Cl)cn2C)cc(Br)c1O. The number of benzene rings is 1. The number of nitrogens with one attached hydrogen (secondary N) is 2. The van der Waals surface area contributed by atoms with Gasteiger partial charge in [-0.25, -0.2) is 0 Å². The Hall–Kier alpha value is -2.19. The van der Waals surface area contributed by atoms with Gasteiger partial charge in [-0.2, -0.15) is 0 Å². The van der Waals surface area contributed by atoms with Crippen LogP contribution in [-0.4, -0.2) is 28.6 Å². The van der Waals surface area contributed by atoms with Crippen LogP contribution in [0.1, 0.15) is 20.8 Å². The summed E-state index contributed by atoms with van der Waals surface area (Å²) in [6.45, 7) is 0. The molecule has 0 aliphatic heterocycles. The van der Waals surface area contributed by atoms with Crippen molar-refractivity contribution < 1.29 is 19.4 Å². The summed E-state index contributed by atoms with van der Waals surface area (Å²) in [6, 6.07) is 4.23. The van der Waals surface area contributed by atoms with Crippen molar-refractivity contribution in [3.05, 3.63) is 45.1 Å². The molecule has 0 bridgehead atoms. The predicted molar refractivity (Wildman–Crippen MR) is 87.7 cm³/mol. The summed E-state index contributed by atoms with van der Waals surface area (Å²) in [7, 11) is 3.02.